The zero-order valence-corrected chi connectivity index (χ0v) is 25.1. The molecule has 2 amide bonds. The van der Waals surface area contributed by atoms with Crippen LogP contribution in [0.3, 0.4) is 0 Å². The number of nitrogens with one attached hydrogen (secondary N) is 3. The minimum atomic E-state index is -0.892. The highest BCUT2D eigenvalue weighted by atomic mass is 32.2. The van der Waals surface area contributed by atoms with Crippen molar-refractivity contribution >= 4 is 40.3 Å². The first-order chi connectivity index (χ1) is 19.8. The van der Waals surface area contributed by atoms with Gasteiger partial charge in [-0.15, -0.1) is 0 Å². The van der Waals surface area contributed by atoms with E-state index in [0.717, 1.165) is 22.8 Å². The normalized spacial score (nSPS) is 14.3. The van der Waals surface area contributed by atoms with Crippen molar-refractivity contribution in [2.45, 2.75) is 51.4 Å². The third-order valence-electron chi connectivity index (χ3n) is 7.32. The van der Waals surface area contributed by atoms with Crippen molar-refractivity contribution in [2.75, 3.05) is 32.2 Å². The van der Waals surface area contributed by atoms with Gasteiger partial charge in [-0.2, -0.15) is 11.8 Å². The van der Waals surface area contributed by atoms with Gasteiger partial charge in [0, 0.05) is 19.1 Å². The van der Waals surface area contributed by atoms with Gasteiger partial charge in [0.05, 0.1) is 31.9 Å². The van der Waals surface area contributed by atoms with Gasteiger partial charge in [-0.1, -0.05) is 62.7 Å². The Balaban J connectivity index is 1.85. The van der Waals surface area contributed by atoms with Gasteiger partial charge in [0.2, 0.25) is 11.8 Å². The van der Waals surface area contributed by atoms with Gasteiger partial charge >= 0.3 is 5.97 Å². The van der Waals surface area contributed by atoms with Crippen LogP contribution in [0.5, 0.6) is 0 Å². The van der Waals surface area contributed by atoms with Crippen LogP contribution in [0.2, 0.25) is 0 Å². The number of rotatable bonds is 16. The maximum Gasteiger partial charge on any atom is 0.328 e. The average Bonchev–Trinajstić information content (AvgIpc) is 3.53. The molecule has 4 atom stereocenters. The summed E-state index contributed by atoms with van der Waals surface area (Å²) in [4.78, 5) is 47.7. The molecule has 0 saturated heterocycles. The highest BCUT2D eigenvalue weighted by molar-refractivity contribution is 7.98. The number of imidazole rings is 1. The maximum atomic E-state index is 13.3. The molecule has 222 valence electrons. The summed E-state index contributed by atoms with van der Waals surface area (Å²) in [5.41, 5.74) is 7.79. The van der Waals surface area contributed by atoms with Gasteiger partial charge in [-0.25, -0.2) is 9.78 Å². The van der Waals surface area contributed by atoms with Gasteiger partial charge in [0.1, 0.15) is 12.1 Å². The van der Waals surface area contributed by atoms with E-state index in [2.05, 4.69) is 52.6 Å². The molecule has 10 nitrogen and oxygen atoms in total. The number of aromatic nitrogens is 2. The number of methoxy groups -OCH3 is 1. The van der Waals surface area contributed by atoms with Gasteiger partial charge in [-0.05, 0) is 40.7 Å². The Hall–Kier alpha value is -3.41. The van der Waals surface area contributed by atoms with E-state index in [1.165, 1.54) is 19.6 Å². The van der Waals surface area contributed by atoms with Crippen LogP contribution in [-0.4, -0.2) is 76.9 Å². The first kappa shape index (κ1) is 32.1. The van der Waals surface area contributed by atoms with Crippen LogP contribution >= 0.6 is 11.8 Å². The van der Waals surface area contributed by atoms with E-state index in [-0.39, 0.29) is 30.3 Å². The Bertz CT molecular complexity index is 1270. The second-order valence-corrected chi connectivity index (χ2v) is 11.2. The number of ether oxygens (including phenoxy) is 1. The lowest BCUT2D eigenvalue weighted by Crippen LogP contribution is -2.52. The number of benzene rings is 2. The summed E-state index contributed by atoms with van der Waals surface area (Å²) < 4.78 is 4.92. The molecule has 0 fully saturated rings. The van der Waals surface area contributed by atoms with E-state index < -0.39 is 18.1 Å². The van der Waals surface area contributed by atoms with Crippen LogP contribution in [-0.2, 0) is 25.7 Å². The van der Waals surface area contributed by atoms with Gasteiger partial charge in [0.15, 0.2) is 0 Å². The number of aromatic amines is 1. The fraction of sp³-hybridized carbons (Fsp3) is 0.467. The van der Waals surface area contributed by atoms with E-state index in [1.54, 1.807) is 11.8 Å². The van der Waals surface area contributed by atoms with Crippen LogP contribution in [0.25, 0.3) is 10.8 Å². The molecule has 1 heterocycles. The molecule has 3 unspecified atom stereocenters. The number of fused-ring (bicyclic) bond motifs is 1. The van der Waals surface area contributed by atoms with Crippen molar-refractivity contribution in [2.24, 2.45) is 11.7 Å². The topological polar surface area (TPSA) is 142 Å². The molecule has 0 aliphatic carbocycles. The Morgan fingerprint density at radius 2 is 1.90 bits per heavy atom. The molecule has 0 aliphatic rings. The lowest BCUT2D eigenvalue weighted by molar-refractivity contribution is -0.145. The Kier molecular flexibility index (Phi) is 12.6. The molecular weight excluding hydrogens is 540 g/mol. The van der Waals surface area contributed by atoms with Crippen molar-refractivity contribution in [3.05, 3.63) is 66.2 Å². The average molecular weight is 583 g/mol. The summed E-state index contributed by atoms with van der Waals surface area (Å²) in [6, 6.07) is 12.3. The van der Waals surface area contributed by atoms with Gasteiger partial charge in [0.25, 0.3) is 0 Å². The quantitative estimate of drug-likeness (QED) is 0.189. The SMILES string of the molecule is CCC(C)C(CN(CC(=O)NC(CCSC)C(=O)OC)Cc1cccc2ccccc12)NC(=O)[C@@H](N)c1cnc[nH]1. The molecule has 0 saturated carbocycles. The fourth-order valence-corrected chi connectivity index (χ4v) is 5.18. The maximum absolute atomic E-state index is 13.3. The first-order valence-corrected chi connectivity index (χ1v) is 15.3. The van der Waals surface area contributed by atoms with E-state index in [1.807, 2.05) is 35.4 Å². The number of thioether (sulfide) groups is 1. The molecule has 0 bridgehead atoms. The van der Waals surface area contributed by atoms with Crippen LogP contribution < -0.4 is 16.4 Å². The number of nitrogens with zero attached hydrogens (tertiary/aromatic N) is 2. The number of esters is 1. The fourth-order valence-electron chi connectivity index (χ4n) is 4.71. The minimum absolute atomic E-state index is 0.0331. The number of H-pyrrole nitrogens is 1. The number of nitrogens with two attached hydrogens (primary N) is 1. The molecule has 5 N–H and O–H groups in total. The number of carbonyl (C=O) groups excluding carboxylic acids is 3. The van der Waals surface area contributed by atoms with Crippen molar-refractivity contribution in [3.63, 3.8) is 0 Å². The van der Waals surface area contributed by atoms with E-state index in [0.29, 0.717) is 31.0 Å². The summed E-state index contributed by atoms with van der Waals surface area (Å²) in [5, 5.41) is 8.18. The molecule has 0 radical (unpaired) electrons. The molecule has 3 aromatic rings. The van der Waals surface area contributed by atoms with Crippen LogP contribution in [0.15, 0.2) is 55.0 Å². The summed E-state index contributed by atoms with van der Waals surface area (Å²) in [7, 11) is 1.32. The smallest absolute Gasteiger partial charge is 0.328 e. The molecule has 0 aliphatic heterocycles. The highest BCUT2D eigenvalue weighted by Crippen LogP contribution is 2.21. The van der Waals surface area contributed by atoms with Crippen molar-refractivity contribution in [3.8, 4) is 0 Å². The van der Waals surface area contributed by atoms with Crippen LogP contribution in [0, 0.1) is 5.92 Å². The van der Waals surface area contributed by atoms with Crippen molar-refractivity contribution in [1.82, 2.24) is 25.5 Å². The Morgan fingerprint density at radius 1 is 1.15 bits per heavy atom. The summed E-state index contributed by atoms with van der Waals surface area (Å²) in [6.07, 6.45) is 6.26. The Morgan fingerprint density at radius 3 is 2.59 bits per heavy atom. The molecule has 41 heavy (non-hydrogen) atoms. The lowest BCUT2D eigenvalue weighted by Gasteiger charge is -2.32. The van der Waals surface area contributed by atoms with Crippen molar-refractivity contribution < 1.29 is 19.1 Å². The summed E-state index contributed by atoms with van der Waals surface area (Å²) in [6.45, 7) is 5.04. The monoisotopic (exact) mass is 582 g/mol. The molecule has 2 aromatic carbocycles. The zero-order chi connectivity index (χ0) is 29.8. The van der Waals surface area contributed by atoms with Gasteiger partial charge in [-0.3, -0.25) is 14.5 Å². The molecule has 11 heteroatoms. The van der Waals surface area contributed by atoms with Crippen molar-refractivity contribution in [1.29, 1.82) is 0 Å². The number of carbonyl (C=O) groups is 3. The largest absolute Gasteiger partial charge is 0.467 e. The summed E-state index contributed by atoms with van der Waals surface area (Å²) in [5.74, 6) is -0.263. The number of amides is 2. The predicted octanol–water partition coefficient (Wildman–Crippen LogP) is 3.01. The second-order valence-electron chi connectivity index (χ2n) is 10.2. The lowest BCUT2D eigenvalue weighted by atomic mass is 9.97. The van der Waals surface area contributed by atoms with E-state index in [4.69, 9.17) is 10.5 Å². The van der Waals surface area contributed by atoms with Crippen LogP contribution in [0.1, 0.15) is 44.0 Å². The Labute approximate surface area is 246 Å². The molecular formula is C30H42N6O4S. The van der Waals surface area contributed by atoms with E-state index in [9.17, 15) is 14.4 Å². The molecule has 0 spiro atoms. The third-order valence-corrected chi connectivity index (χ3v) is 7.97. The number of hydrogen-bond acceptors (Lipinski definition) is 8. The molecule has 3 rings (SSSR count). The zero-order valence-electron chi connectivity index (χ0n) is 24.3. The third kappa shape index (κ3) is 9.31. The predicted molar refractivity (Wildman–Crippen MR) is 163 cm³/mol. The minimum Gasteiger partial charge on any atom is -0.467 e. The standard InChI is InChI=1S/C30H42N6O4S/c1-5-20(2)26(35-29(38)28(31)25-15-32-19-33-25)17-36(16-22-11-8-10-21-9-6-7-12-23(21)22)18-27(37)34-24(13-14-41-4)30(39)40-3/h6-12,15,19-20,24,26,28H,5,13-14,16-18,31H2,1-4H3,(H,32,33)(H,34,37)(H,35,38)/t20?,24?,26?,28-/m0/s1. The molecule has 1 aromatic heterocycles. The van der Waals surface area contributed by atoms with E-state index >= 15 is 0 Å². The van der Waals surface area contributed by atoms with Crippen LogP contribution in [0.4, 0.5) is 0 Å². The van der Waals surface area contributed by atoms with Gasteiger partial charge < -0.3 is 26.1 Å². The second kappa shape index (κ2) is 16.1. The highest BCUT2D eigenvalue weighted by Gasteiger charge is 2.28. The number of hydrogen-bond donors (Lipinski definition) is 4. The first-order valence-electron chi connectivity index (χ1n) is 13.9. The summed E-state index contributed by atoms with van der Waals surface area (Å²) >= 11 is 1.60.